The van der Waals surface area contributed by atoms with E-state index in [1.54, 1.807) is 0 Å². The molecule has 0 aromatic rings. The molecule has 0 saturated carbocycles. The van der Waals surface area contributed by atoms with Crippen LogP contribution in [0.3, 0.4) is 0 Å². The normalized spacial score (nSPS) is 16.3. The Hall–Kier alpha value is 0.0200. The molecule has 2 atom stereocenters. The zero-order valence-corrected chi connectivity index (χ0v) is 7.60. The second-order valence-corrected chi connectivity index (χ2v) is 3.50. The van der Waals surface area contributed by atoms with Gasteiger partial charge in [0.2, 0.25) is 0 Å². The summed E-state index contributed by atoms with van der Waals surface area (Å²) in [6.45, 7) is 4.10. The minimum absolute atomic E-state index is 0.156. The molecule has 0 saturated heterocycles. The summed E-state index contributed by atoms with van der Waals surface area (Å²) in [5.41, 5.74) is 0. The fourth-order valence-electron chi connectivity index (χ4n) is 0.863. The molecular weight excluding hydrogens is 144 g/mol. The van der Waals surface area contributed by atoms with Crippen LogP contribution >= 0.6 is 12.6 Å². The van der Waals surface area contributed by atoms with Gasteiger partial charge in [0.25, 0.3) is 0 Å². The summed E-state index contributed by atoms with van der Waals surface area (Å²) in [6.07, 6.45) is 4.30. The van der Waals surface area contributed by atoms with Crippen molar-refractivity contribution in [3.05, 3.63) is 0 Å². The van der Waals surface area contributed by atoms with Crippen LogP contribution in [-0.4, -0.2) is 11.5 Å². The predicted octanol–water partition coefficient (Wildman–Crippen LogP) is 2.31. The Morgan fingerprint density at radius 1 is 1.60 bits per heavy atom. The number of carbonyl (C=O) groups is 1. The molecule has 0 rings (SSSR count). The smallest absolute Gasteiger partial charge is 0.124 e. The summed E-state index contributed by atoms with van der Waals surface area (Å²) >= 11 is 4.21. The molecule has 0 bridgehead atoms. The van der Waals surface area contributed by atoms with Gasteiger partial charge in [-0.3, -0.25) is 0 Å². The van der Waals surface area contributed by atoms with E-state index in [2.05, 4.69) is 19.6 Å². The van der Waals surface area contributed by atoms with Crippen molar-refractivity contribution in [2.24, 2.45) is 5.92 Å². The molecule has 10 heavy (non-hydrogen) atoms. The molecule has 0 heterocycles. The third-order valence-corrected chi connectivity index (χ3v) is 2.07. The fraction of sp³-hybridized carbons (Fsp3) is 0.875. The van der Waals surface area contributed by atoms with Crippen molar-refractivity contribution >= 4 is 18.9 Å². The Balaban J connectivity index is 3.50. The number of hydrogen-bond acceptors (Lipinski definition) is 2. The molecule has 0 radical (unpaired) electrons. The number of aldehydes is 1. The van der Waals surface area contributed by atoms with Crippen LogP contribution in [0.1, 0.15) is 33.1 Å². The van der Waals surface area contributed by atoms with Gasteiger partial charge in [-0.25, -0.2) is 0 Å². The minimum atomic E-state index is 0.156. The molecular formula is C8H16OS. The highest BCUT2D eigenvalue weighted by Crippen LogP contribution is 2.14. The van der Waals surface area contributed by atoms with Crippen LogP contribution in [0.15, 0.2) is 0 Å². The first-order chi connectivity index (χ1) is 4.72. The van der Waals surface area contributed by atoms with Gasteiger partial charge in [-0.2, -0.15) is 12.6 Å². The lowest BCUT2D eigenvalue weighted by Crippen LogP contribution is -2.12. The maximum atomic E-state index is 10.4. The molecule has 0 amide bonds. The van der Waals surface area contributed by atoms with Crippen molar-refractivity contribution in [2.75, 3.05) is 0 Å². The first-order valence-electron chi connectivity index (χ1n) is 3.85. The molecule has 1 nitrogen and oxygen atoms in total. The van der Waals surface area contributed by atoms with Gasteiger partial charge in [0, 0.05) is 11.2 Å². The summed E-state index contributed by atoms with van der Waals surface area (Å²) < 4.78 is 0. The van der Waals surface area contributed by atoms with Crippen LogP contribution < -0.4 is 0 Å². The molecule has 2 heteroatoms. The summed E-state index contributed by atoms with van der Waals surface area (Å²) in [5.74, 6) is 0.156. The highest BCUT2D eigenvalue weighted by atomic mass is 32.1. The first-order valence-corrected chi connectivity index (χ1v) is 4.37. The maximum absolute atomic E-state index is 10.4. The van der Waals surface area contributed by atoms with Crippen LogP contribution in [0.25, 0.3) is 0 Å². The standard InChI is InChI=1S/C8H16OS/c1-3-4-5-8(6-9)7(2)10/h6-8,10H,3-5H2,1-2H3. The largest absolute Gasteiger partial charge is 0.303 e. The average molecular weight is 160 g/mol. The van der Waals surface area contributed by atoms with Gasteiger partial charge in [-0.05, 0) is 6.42 Å². The van der Waals surface area contributed by atoms with Gasteiger partial charge < -0.3 is 4.79 Å². The third kappa shape index (κ3) is 3.94. The van der Waals surface area contributed by atoms with Gasteiger partial charge in [0.15, 0.2) is 0 Å². The molecule has 0 aromatic heterocycles. The van der Waals surface area contributed by atoms with Gasteiger partial charge in [-0.15, -0.1) is 0 Å². The topological polar surface area (TPSA) is 17.1 Å². The zero-order chi connectivity index (χ0) is 7.98. The van der Waals surface area contributed by atoms with Crippen LogP contribution in [0, 0.1) is 5.92 Å². The molecule has 0 aliphatic heterocycles. The Bertz CT molecular complexity index is 91.3. The molecule has 0 fully saturated rings. The SMILES string of the molecule is CCCCC(C=O)C(C)S. The Labute approximate surface area is 68.6 Å². The number of thiol groups is 1. The van der Waals surface area contributed by atoms with Crippen molar-refractivity contribution in [1.29, 1.82) is 0 Å². The van der Waals surface area contributed by atoms with E-state index in [9.17, 15) is 4.79 Å². The average Bonchev–Trinajstić information content (AvgIpc) is 1.89. The van der Waals surface area contributed by atoms with Crippen molar-refractivity contribution in [2.45, 2.75) is 38.4 Å². The van der Waals surface area contributed by atoms with E-state index in [0.29, 0.717) is 0 Å². The van der Waals surface area contributed by atoms with Crippen molar-refractivity contribution in [1.82, 2.24) is 0 Å². The summed E-state index contributed by atoms with van der Waals surface area (Å²) in [4.78, 5) is 10.4. The van der Waals surface area contributed by atoms with Crippen LogP contribution in [0.2, 0.25) is 0 Å². The van der Waals surface area contributed by atoms with E-state index in [1.807, 2.05) is 6.92 Å². The number of unbranched alkanes of at least 4 members (excludes halogenated alkanes) is 1. The summed E-state index contributed by atoms with van der Waals surface area (Å²) in [5, 5.41) is 0.212. The van der Waals surface area contributed by atoms with Gasteiger partial charge in [0.1, 0.15) is 6.29 Å². The van der Waals surface area contributed by atoms with E-state index in [-0.39, 0.29) is 11.2 Å². The quantitative estimate of drug-likeness (QED) is 0.482. The molecule has 0 aromatic carbocycles. The van der Waals surface area contributed by atoms with Crippen LogP contribution in [0.4, 0.5) is 0 Å². The summed E-state index contributed by atoms with van der Waals surface area (Å²) in [6, 6.07) is 0. The second kappa shape index (κ2) is 5.78. The number of carbonyl (C=O) groups excluding carboxylic acids is 1. The van der Waals surface area contributed by atoms with E-state index >= 15 is 0 Å². The Morgan fingerprint density at radius 3 is 2.50 bits per heavy atom. The van der Waals surface area contributed by atoms with Gasteiger partial charge in [0.05, 0.1) is 0 Å². The highest BCUT2D eigenvalue weighted by molar-refractivity contribution is 7.81. The third-order valence-electron chi connectivity index (χ3n) is 1.69. The fourth-order valence-corrected chi connectivity index (χ4v) is 1.08. The highest BCUT2D eigenvalue weighted by Gasteiger charge is 2.10. The van der Waals surface area contributed by atoms with Crippen molar-refractivity contribution < 1.29 is 4.79 Å². The van der Waals surface area contributed by atoms with E-state index in [4.69, 9.17) is 0 Å². The molecule has 0 spiro atoms. The Morgan fingerprint density at radius 2 is 2.20 bits per heavy atom. The Kier molecular flexibility index (Phi) is 5.79. The monoisotopic (exact) mass is 160 g/mol. The lowest BCUT2D eigenvalue weighted by atomic mass is 10.0. The summed E-state index contributed by atoms with van der Waals surface area (Å²) in [7, 11) is 0. The van der Waals surface area contributed by atoms with E-state index in [1.165, 1.54) is 0 Å². The number of rotatable bonds is 5. The van der Waals surface area contributed by atoms with E-state index in [0.717, 1.165) is 25.5 Å². The van der Waals surface area contributed by atoms with E-state index < -0.39 is 0 Å². The number of hydrogen-bond donors (Lipinski definition) is 1. The molecule has 0 N–H and O–H groups in total. The van der Waals surface area contributed by atoms with Crippen LogP contribution in [0.5, 0.6) is 0 Å². The lowest BCUT2D eigenvalue weighted by Gasteiger charge is -2.11. The predicted molar refractivity (Wildman–Crippen MR) is 47.5 cm³/mol. The zero-order valence-electron chi connectivity index (χ0n) is 6.71. The van der Waals surface area contributed by atoms with Gasteiger partial charge in [-0.1, -0.05) is 26.7 Å². The minimum Gasteiger partial charge on any atom is -0.303 e. The first kappa shape index (κ1) is 10.0. The molecule has 2 unspecified atom stereocenters. The molecule has 0 aliphatic rings. The van der Waals surface area contributed by atoms with Crippen molar-refractivity contribution in [3.63, 3.8) is 0 Å². The second-order valence-electron chi connectivity index (χ2n) is 2.68. The maximum Gasteiger partial charge on any atom is 0.124 e. The van der Waals surface area contributed by atoms with Crippen LogP contribution in [-0.2, 0) is 4.79 Å². The van der Waals surface area contributed by atoms with Gasteiger partial charge >= 0.3 is 0 Å². The molecule has 0 aliphatic carbocycles. The molecule has 60 valence electrons. The van der Waals surface area contributed by atoms with Crippen molar-refractivity contribution in [3.8, 4) is 0 Å². The lowest BCUT2D eigenvalue weighted by molar-refractivity contribution is -0.111.